The number of piperidine rings is 1. The highest BCUT2D eigenvalue weighted by atomic mass is 16.5. The van der Waals surface area contributed by atoms with Crippen LogP contribution >= 0.6 is 0 Å². The molecule has 4 aliphatic rings. The molecule has 0 radical (unpaired) electrons. The standard InChI is InChI=1S/C57H82N8O10/c1-9-36(4)51(63(6)56(73)49(35(2)3)57-28-27-40(33-57)50(62-57)53(58)70)44(74-7)32-48(69)64-30-16-19-43(64)52(75-8)37(5)54(71)61-42(31-38-17-12-10-13-18-38)55(72)60-41-23-21-39(22-24-41)34-59-45(66)20-14-11-15-29-65-46(67)25-26-47(65)68/h10,12-13,17-18,21-26,35-37,40,42-44,49-52,62H,9,11,14-16,19-20,27-34H2,1-8H3,(H2,58,70)(H,59,66)(H,60,72)(H,61,71)/t36-,37+,40?,42-,43-,44+,49+,50?,51-,52+,57?/m0/s1. The second kappa shape index (κ2) is 26.7. The number of rotatable bonds is 28. The zero-order valence-corrected chi connectivity index (χ0v) is 45.3. The number of methoxy groups -OCH3 is 2. The van der Waals surface area contributed by atoms with E-state index in [1.165, 1.54) is 24.2 Å². The summed E-state index contributed by atoms with van der Waals surface area (Å²) in [6.07, 6.45) is 7.97. The van der Waals surface area contributed by atoms with Crippen LogP contribution in [0.2, 0.25) is 0 Å². The fourth-order valence-corrected chi connectivity index (χ4v) is 12.3. The Labute approximate surface area is 443 Å². The van der Waals surface area contributed by atoms with Crippen molar-refractivity contribution in [3.05, 3.63) is 77.9 Å². The first-order chi connectivity index (χ1) is 35.8. The average molecular weight is 1040 g/mol. The number of nitrogens with one attached hydrogen (secondary N) is 4. The van der Waals surface area contributed by atoms with Crippen LogP contribution in [0.4, 0.5) is 5.69 Å². The van der Waals surface area contributed by atoms with Crippen molar-refractivity contribution in [2.24, 2.45) is 35.3 Å². The van der Waals surface area contributed by atoms with Crippen LogP contribution in [0.15, 0.2) is 66.7 Å². The summed E-state index contributed by atoms with van der Waals surface area (Å²) in [6.45, 7) is 11.0. The van der Waals surface area contributed by atoms with Crippen LogP contribution in [0.5, 0.6) is 0 Å². The number of anilines is 1. The highest BCUT2D eigenvalue weighted by Gasteiger charge is 2.59. The molecule has 75 heavy (non-hydrogen) atoms. The van der Waals surface area contributed by atoms with Gasteiger partial charge in [0, 0.05) is 77.1 Å². The minimum absolute atomic E-state index is 0.00182. The van der Waals surface area contributed by atoms with Gasteiger partial charge in [-0.15, -0.1) is 0 Å². The lowest BCUT2D eigenvalue weighted by atomic mass is 9.74. The van der Waals surface area contributed by atoms with Gasteiger partial charge in [-0.25, -0.2) is 0 Å². The van der Waals surface area contributed by atoms with E-state index < -0.39 is 71.5 Å². The third kappa shape index (κ3) is 14.3. The maximum absolute atomic E-state index is 14.8. The van der Waals surface area contributed by atoms with E-state index in [0.717, 1.165) is 30.4 Å². The zero-order chi connectivity index (χ0) is 54.6. The maximum Gasteiger partial charge on any atom is 0.253 e. The number of amides is 8. The third-order valence-corrected chi connectivity index (χ3v) is 16.4. The molecule has 2 aromatic carbocycles. The molecule has 1 aliphatic carbocycles. The number of primary amides is 1. The van der Waals surface area contributed by atoms with E-state index in [2.05, 4.69) is 35.1 Å². The summed E-state index contributed by atoms with van der Waals surface area (Å²) in [7, 11) is 4.91. The van der Waals surface area contributed by atoms with Gasteiger partial charge in [0.05, 0.1) is 48.6 Å². The predicted octanol–water partition coefficient (Wildman–Crippen LogP) is 4.64. The SMILES string of the molecule is CC[C@H](C)[C@@H]([C@@H](CC(=O)N1CCC[C@H]1[C@H](OC)[C@@H](C)C(=O)N[C@@H](Cc1ccccc1)C(=O)Nc1ccc(CNC(=O)CCCCCN2C(=O)C=CC2=O)cc1)OC)N(C)C(=O)[C@@H](C(C)C)C12CCC(C1)C(C(N)=O)N2. The summed E-state index contributed by atoms with van der Waals surface area (Å²) in [5.41, 5.74) is 7.42. The van der Waals surface area contributed by atoms with Crippen molar-refractivity contribution in [3.63, 3.8) is 0 Å². The van der Waals surface area contributed by atoms with Crippen molar-refractivity contribution in [2.75, 3.05) is 39.7 Å². The van der Waals surface area contributed by atoms with Crippen molar-refractivity contribution in [3.8, 4) is 0 Å². The van der Waals surface area contributed by atoms with Gasteiger partial charge in [0.25, 0.3) is 11.8 Å². The number of ether oxygens (including phenoxy) is 2. The molecule has 2 bridgehead atoms. The molecule has 8 amide bonds. The number of carbonyl (C=O) groups is 8. The van der Waals surface area contributed by atoms with Crippen LogP contribution in [-0.2, 0) is 60.8 Å². The highest BCUT2D eigenvalue weighted by molar-refractivity contribution is 6.12. The largest absolute Gasteiger partial charge is 0.379 e. The van der Waals surface area contributed by atoms with Crippen molar-refractivity contribution in [1.82, 2.24) is 30.7 Å². The lowest BCUT2D eigenvalue weighted by Crippen LogP contribution is -2.61. The van der Waals surface area contributed by atoms with E-state index in [1.807, 2.05) is 44.2 Å². The molecular weight excluding hydrogens is 957 g/mol. The summed E-state index contributed by atoms with van der Waals surface area (Å²) in [6, 6.07) is 14.2. The van der Waals surface area contributed by atoms with Crippen LogP contribution in [-0.4, -0.2) is 138 Å². The molecule has 18 heteroatoms. The fourth-order valence-electron chi connectivity index (χ4n) is 12.3. The Morgan fingerprint density at radius 3 is 2.19 bits per heavy atom. The number of fused-ring (bicyclic) bond motifs is 2. The predicted molar refractivity (Wildman–Crippen MR) is 284 cm³/mol. The maximum atomic E-state index is 14.8. The molecule has 6 rings (SSSR count). The van der Waals surface area contributed by atoms with Crippen LogP contribution in [0.1, 0.15) is 116 Å². The topological polar surface area (TPSA) is 239 Å². The Hall–Kier alpha value is -5.98. The number of imide groups is 1. The second-order valence-corrected chi connectivity index (χ2v) is 21.7. The number of benzene rings is 2. The van der Waals surface area contributed by atoms with Crippen LogP contribution in [0.25, 0.3) is 0 Å². The van der Waals surface area contributed by atoms with Crippen molar-refractivity contribution < 1.29 is 47.8 Å². The number of nitrogens with zero attached hydrogens (tertiary/aromatic N) is 3. The van der Waals surface area contributed by atoms with E-state index in [-0.39, 0.29) is 66.7 Å². The number of hydrogen-bond acceptors (Lipinski definition) is 11. The summed E-state index contributed by atoms with van der Waals surface area (Å²) in [4.78, 5) is 111. The van der Waals surface area contributed by atoms with Gasteiger partial charge in [-0.3, -0.25) is 48.6 Å². The molecule has 18 nitrogen and oxygen atoms in total. The quantitative estimate of drug-likeness (QED) is 0.0581. The normalized spacial score (nSPS) is 22.9. The zero-order valence-electron chi connectivity index (χ0n) is 45.3. The monoisotopic (exact) mass is 1040 g/mol. The average Bonchev–Trinajstić information content (AvgIpc) is 4.21. The minimum Gasteiger partial charge on any atom is -0.379 e. The first-order valence-corrected chi connectivity index (χ1v) is 27.1. The van der Waals surface area contributed by atoms with Gasteiger partial charge in [-0.05, 0) is 86.0 Å². The molecule has 0 aromatic heterocycles. The van der Waals surface area contributed by atoms with Crippen molar-refractivity contribution >= 4 is 52.9 Å². The molecule has 410 valence electrons. The molecule has 6 N–H and O–H groups in total. The van der Waals surface area contributed by atoms with E-state index in [9.17, 15) is 38.4 Å². The second-order valence-electron chi connectivity index (χ2n) is 21.7. The summed E-state index contributed by atoms with van der Waals surface area (Å²) in [5.74, 6) is -3.33. The summed E-state index contributed by atoms with van der Waals surface area (Å²) in [5, 5.41) is 12.4. The van der Waals surface area contributed by atoms with E-state index >= 15 is 0 Å². The molecule has 2 saturated heterocycles. The lowest BCUT2D eigenvalue weighted by molar-refractivity contribution is -0.150. The molecule has 2 aromatic rings. The van der Waals surface area contributed by atoms with Gasteiger partial charge in [0.2, 0.25) is 35.4 Å². The number of unbranched alkanes of at least 4 members (excludes halogenated alkanes) is 2. The van der Waals surface area contributed by atoms with Crippen LogP contribution < -0.4 is 27.0 Å². The van der Waals surface area contributed by atoms with Gasteiger partial charge >= 0.3 is 0 Å². The Balaban J connectivity index is 1.06. The Kier molecular flexibility index (Phi) is 20.7. The van der Waals surface area contributed by atoms with E-state index in [0.29, 0.717) is 63.7 Å². The molecule has 1 saturated carbocycles. The van der Waals surface area contributed by atoms with Gasteiger partial charge in [0.1, 0.15) is 6.04 Å². The summed E-state index contributed by atoms with van der Waals surface area (Å²) < 4.78 is 12.2. The number of likely N-dealkylation sites (tertiary alicyclic amines) is 1. The van der Waals surface area contributed by atoms with Crippen LogP contribution in [0, 0.1) is 29.6 Å². The van der Waals surface area contributed by atoms with Gasteiger partial charge < -0.3 is 41.0 Å². The first-order valence-electron chi connectivity index (χ1n) is 27.1. The molecule has 11 atom stereocenters. The third-order valence-electron chi connectivity index (χ3n) is 16.4. The van der Waals surface area contributed by atoms with E-state index in [4.69, 9.17) is 15.2 Å². The number of likely N-dealkylation sites (N-methyl/N-ethyl adjacent to an activating group) is 1. The molecule has 3 unspecified atom stereocenters. The Bertz CT molecular complexity index is 2350. The highest BCUT2D eigenvalue weighted by Crippen LogP contribution is 2.50. The van der Waals surface area contributed by atoms with Crippen molar-refractivity contribution in [2.45, 2.75) is 160 Å². The molecule has 3 aliphatic heterocycles. The van der Waals surface area contributed by atoms with Gasteiger partial charge in [0.15, 0.2) is 0 Å². The molecular formula is C57H82N8O10. The van der Waals surface area contributed by atoms with Gasteiger partial charge in [-0.1, -0.05) is 89.9 Å². The van der Waals surface area contributed by atoms with E-state index in [1.54, 1.807) is 55.1 Å². The Morgan fingerprint density at radius 1 is 0.880 bits per heavy atom. The minimum atomic E-state index is -0.966. The van der Waals surface area contributed by atoms with Crippen LogP contribution in [0.3, 0.4) is 0 Å². The summed E-state index contributed by atoms with van der Waals surface area (Å²) >= 11 is 0. The number of carbonyl (C=O) groups excluding carboxylic acids is 8. The molecule has 3 fully saturated rings. The van der Waals surface area contributed by atoms with Crippen molar-refractivity contribution in [1.29, 1.82) is 0 Å². The fraction of sp³-hybridized carbons (Fsp3) is 0.614. The van der Waals surface area contributed by atoms with Gasteiger partial charge in [-0.2, -0.15) is 0 Å². The lowest BCUT2D eigenvalue weighted by Gasteiger charge is -2.45. The number of nitrogens with two attached hydrogens (primary N) is 1. The number of hydrogen-bond donors (Lipinski definition) is 5. The Morgan fingerprint density at radius 2 is 1.57 bits per heavy atom. The molecule has 3 heterocycles. The first kappa shape index (κ1) is 58.3. The smallest absolute Gasteiger partial charge is 0.253 e. The molecule has 0 spiro atoms.